The second-order valence-corrected chi connectivity index (χ2v) is 7.34. The zero-order valence-corrected chi connectivity index (χ0v) is 15.8. The van der Waals surface area contributed by atoms with E-state index < -0.39 is 5.97 Å². The summed E-state index contributed by atoms with van der Waals surface area (Å²) in [5.74, 6) is 0.135. The number of fused-ring (bicyclic) bond motifs is 1. The molecule has 3 aromatic rings. The maximum atomic E-state index is 12.9. The number of carboxylic acids is 1. The van der Waals surface area contributed by atoms with Gasteiger partial charge in [0.1, 0.15) is 12.4 Å². The smallest absolute Gasteiger partial charge is 0.325 e. The normalized spacial score (nSPS) is 17.2. The molecule has 1 atom stereocenters. The molecule has 1 saturated heterocycles. The fraction of sp³-hybridized carbons (Fsp3) is 0.400. The summed E-state index contributed by atoms with van der Waals surface area (Å²) >= 11 is 0. The van der Waals surface area contributed by atoms with Crippen molar-refractivity contribution in [2.75, 3.05) is 13.1 Å². The van der Waals surface area contributed by atoms with E-state index in [-0.39, 0.29) is 18.4 Å². The number of H-pyrrole nitrogens is 1. The van der Waals surface area contributed by atoms with Gasteiger partial charge in [0.05, 0.1) is 17.5 Å². The number of likely N-dealkylation sites (tertiary alicyclic amines) is 1. The predicted octanol–water partition coefficient (Wildman–Crippen LogP) is 2.10. The monoisotopic (exact) mass is 381 g/mol. The molecule has 0 radical (unpaired) electrons. The minimum atomic E-state index is -0.918. The van der Waals surface area contributed by atoms with E-state index in [0.717, 1.165) is 47.5 Å². The number of hydrogen-bond donors (Lipinski definition) is 2. The lowest BCUT2D eigenvalue weighted by Crippen LogP contribution is -2.40. The van der Waals surface area contributed by atoms with Crippen LogP contribution >= 0.6 is 0 Å². The van der Waals surface area contributed by atoms with E-state index in [9.17, 15) is 9.59 Å². The standard InChI is InChI=1S/C20H23N5O3/c1-13-22-16-5-4-14(9-17(16)23-13)10-19(26)24-8-2-3-15(11-24)18-6-7-21-25(18)12-20(27)28/h4-7,9,15H,2-3,8,10-12H2,1H3,(H,22,23)(H,27,28)/t15-/m0/s1. The van der Waals surface area contributed by atoms with E-state index in [1.807, 2.05) is 36.1 Å². The SMILES string of the molecule is Cc1nc2ccc(CC(=O)N3CCC[C@H](c4ccnn4CC(=O)O)C3)cc2[nH]1. The van der Waals surface area contributed by atoms with Crippen molar-refractivity contribution in [2.45, 2.75) is 38.6 Å². The second-order valence-electron chi connectivity index (χ2n) is 7.34. The van der Waals surface area contributed by atoms with Crippen LogP contribution in [-0.2, 0) is 22.6 Å². The molecule has 0 saturated carbocycles. The second kappa shape index (κ2) is 7.46. The first-order chi connectivity index (χ1) is 13.5. The quantitative estimate of drug-likeness (QED) is 0.704. The van der Waals surface area contributed by atoms with E-state index in [1.54, 1.807) is 6.20 Å². The Labute approximate surface area is 162 Å². The molecule has 4 rings (SSSR count). The fourth-order valence-electron chi connectivity index (χ4n) is 3.98. The van der Waals surface area contributed by atoms with Crippen molar-refractivity contribution < 1.29 is 14.7 Å². The molecule has 0 bridgehead atoms. The highest BCUT2D eigenvalue weighted by Gasteiger charge is 2.27. The fourth-order valence-corrected chi connectivity index (χ4v) is 3.98. The van der Waals surface area contributed by atoms with Crippen molar-refractivity contribution in [3.8, 4) is 0 Å². The van der Waals surface area contributed by atoms with Gasteiger partial charge in [-0.2, -0.15) is 5.10 Å². The highest BCUT2D eigenvalue weighted by Crippen LogP contribution is 2.27. The van der Waals surface area contributed by atoms with Gasteiger partial charge in [-0.25, -0.2) is 4.98 Å². The van der Waals surface area contributed by atoms with Gasteiger partial charge in [-0.15, -0.1) is 0 Å². The molecule has 1 aliphatic rings. The maximum Gasteiger partial charge on any atom is 0.325 e. The molecule has 8 heteroatoms. The third-order valence-corrected chi connectivity index (χ3v) is 5.25. The van der Waals surface area contributed by atoms with Crippen LogP contribution in [0.2, 0.25) is 0 Å². The predicted molar refractivity (Wildman–Crippen MR) is 103 cm³/mol. The molecule has 146 valence electrons. The van der Waals surface area contributed by atoms with Crippen LogP contribution in [0.15, 0.2) is 30.5 Å². The van der Waals surface area contributed by atoms with Crippen LogP contribution < -0.4 is 0 Å². The molecular weight excluding hydrogens is 358 g/mol. The van der Waals surface area contributed by atoms with Gasteiger partial charge >= 0.3 is 5.97 Å². The topological polar surface area (TPSA) is 104 Å². The Hall–Kier alpha value is -3.16. The molecule has 0 unspecified atom stereocenters. The van der Waals surface area contributed by atoms with Crippen molar-refractivity contribution in [1.82, 2.24) is 24.6 Å². The van der Waals surface area contributed by atoms with E-state index in [1.165, 1.54) is 4.68 Å². The Morgan fingerprint density at radius 3 is 3.00 bits per heavy atom. The van der Waals surface area contributed by atoms with Crippen LogP contribution in [0.1, 0.15) is 35.8 Å². The van der Waals surface area contributed by atoms with E-state index in [4.69, 9.17) is 5.11 Å². The molecular formula is C20H23N5O3. The lowest BCUT2D eigenvalue weighted by molar-refractivity contribution is -0.138. The van der Waals surface area contributed by atoms with Crippen molar-refractivity contribution in [3.63, 3.8) is 0 Å². The summed E-state index contributed by atoms with van der Waals surface area (Å²) < 4.78 is 1.52. The summed E-state index contributed by atoms with van der Waals surface area (Å²) in [7, 11) is 0. The third kappa shape index (κ3) is 3.76. The molecule has 3 heterocycles. The zero-order chi connectivity index (χ0) is 19.7. The summed E-state index contributed by atoms with van der Waals surface area (Å²) in [6.07, 6.45) is 3.79. The number of amides is 1. The average molecular weight is 381 g/mol. The van der Waals surface area contributed by atoms with Crippen LogP contribution in [-0.4, -0.2) is 54.7 Å². The molecule has 2 aromatic heterocycles. The Morgan fingerprint density at radius 2 is 2.18 bits per heavy atom. The minimum absolute atomic E-state index is 0.0876. The number of nitrogens with zero attached hydrogens (tertiary/aromatic N) is 4. The Kier molecular flexibility index (Phi) is 4.85. The van der Waals surface area contributed by atoms with Gasteiger partial charge in [0.25, 0.3) is 0 Å². The summed E-state index contributed by atoms with van der Waals surface area (Å²) in [5, 5.41) is 13.2. The number of aromatic amines is 1. The van der Waals surface area contributed by atoms with Crippen LogP contribution in [0, 0.1) is 6.92 Å². The van der Waals surface area contributed by atoms with Gasteiger partial charge in [-0.05, 0) is 43.5 Å². The highest BCUT2D eigenvalue weighted by atomic mass is 16.4. The van der Waals surface area contributed by atoms with Gasteiger partial charge in [0.2, 0.25) is 5.91 Å². The molecule has 2 N–H and O–H groups in total. The van der Waals surface area contributed by atoms with E-state index >= 15 is 0 Å². The van der Waals surface area contributed by atoms with Gasteiger partial charge in [-0.1, -0.05) is 6.07 Å². The van der Waals surface area contributed by atoms with Crippen molar-refractivity contribution in [3.05, 3.63) is 47.5 Å². The van der Waals surface area contributed by atoms with Crippen LogP contribution in [0.25, 0.3) is 11.0 Å². The number of imidazole rings is 1. The largest absolute Gasteiger partial charge is 0.480 e. The van der Waals surface area contributed by atoms with E-state index in [0.29, 0.717) is 13.0 Å². The molecule has 0 spiro atoms. The maximum absolute atomic E-state index is 12.9. The number of hydrogen-bond acceptors (Lipinski definition) is 4. The van der Waals surface area contributed by atoms with Crippen molar-refractivity contribution >= 4 is 22.9 Å². The molecule has 1 fully saturated rings. The molecule has 8 nitrogen and oxygen atoms in total. The number of carboxylic acid groups (broad SMARTS) is 1. The highest BCUT2D eigenvalue weighted by molar-refractivity contribution is 5.82. The summed E-state index contributed by atoms with van der Waals surface area (Å²) in [4.78, 5) is 33.4. The number of benzene rings is 1. The minimum Gasteiger partial charge on any atom is -0.480 e. The molecule has 1 amide bonds. The van der Waals surface area contributed by atoms with Crippen LogP contribution in [0.3, 0.4) is 0 Å². The summed E-state index contributed by atoms with van der Waals surface area (Å²) in [6.45, 7) is 3.08. The Bertz CT molecular complexity index is 1020. The first-order valence-corrected chi connectivity index (χ1v) is 9.46. The molecule has 1 aliphatic heterocycles. The van der Waals surface area contributed by atoms with Crippen LogP contribution in [0.5, 0.6) is 0 Å². The lowest BCUT2D eigenvalue weighted by atomic mass is 9.94. The number of aliphatic carboxylic acids is 1. The number of piperidine rings is 1. The van der Waals surface area contributed by atoms with E-state index in [2.05, 4.69) is 15.1 Å². The average Bonchev–Trinajstić information content (AvgIpc) is 3.26. The number of aryl methyl sites for hydroxylation is 1. The summed E-state index contributed by atoms with van der Waals surface area (Å²) in [6, 6.07) is 7.72. The Balaban J connectivity index is 1.45. The zero-order valence-electron chi connectivity index (χ0n) is 15.8. The molecule has 28 heavy (non-hydrogen) atoms. The number of aromatic nitrogens is 4. The number of carbonyl (C=O) groups excluding carboxylic acids is 1. The Morgan fingerprint density at radius 1 is 1.32 bits per heavy atom. The number of carbonyl (C=O) groups is 2. The summed E-state index contributed by atoms with van der Waals surface area (Å²) in [5.41, 5.74) is 3.68. The first kappa shape index (κ1) is 18.2. The third-order valence-electron chi connectivity index (χ3n) is 5.25. The number of nitrogens with one attached hydrogen (secondary N) is 1. The lowest BCUT2D eigenvalue weighted by Gasteiger charge is -2.33. The van der Waals surface area contributed by atoms with Gasteiger partial charge in [0.15, 0.2) is 0 Å². The van der Waals surface area contributed by atoms with Gasteiger partial charge in [0, 0.05) is 30.9 Å². The van der Waals surface area contributed by atoms with Crippen LogP contribution in [0.4, 0.5) is 0 Å². The molecule has 1 aromatic carbocycles. The van der Waals surface area contributed by atoms with Gasteiger partial charge in [-0.3, -0.25) is 14.3 Å². The van der Waals surface area contributed by atoms with Crippen molar-refractivity contribution in [1.29, 1.82) is 0 Å². The number of rotatable bonds is 5. The van der Waals surface area contributed by atoms with Gasteiger partial charge < -0.3 is 15.0 Å². The first-order valence-electron chi connectivity index (χ1n) is 9.46. The van der Waals surface area contributed by atoms with Crippen molar-refractivity contribution in [2.24, 2.45) is 0 Å². The molecule has 0 aliphatic carbocycles.